The van der Waals surface area contributed by atoms with Crippen LogP contribution in [-0.4, -0.2) is 9.38 Å². The second-order valence-corrected chi connectivity index (χ2v) is 15.0. The van der Waals surface area contributed by atoms with Crippen molar-refractivity contribution in [1.82, 2.24) is 9.38 Å². The van der Waals surface area contributed by atoms with Crippen LogP contribution in [0.4, 0.5) is 0 Å². The molecule has 9 aromatic carbocycles. The van der Waals surface area contributed by atoms with Gasteiger partial charge in [-0.25, -0.2) is 4.98 Å². The van der Waals surface area contributed by atoms with E-state index in [1.54, 1.807) is 0 Å². The number of furan rings is 1. The SMILES string of the molecule is c1ccc(-c2nc3c(-c4ccc(-c5cc6c7ccccc7n7c8ccccc8c(c5)c67)c5ccccc45)cccc3c3c2ccc2oc4ccccc4c23)cc1. The zero-order valence-electron chi connectivity index (χ0n) is 30.1. The van der Waals surface area contributed by atoms with Gasteiger partial charge in [-0.05, 0) is 69.9 Å². The topological polar surface area (TPSA) is 30.4 Å². The van der Waals surface area contributed by atoms with Gasteiger partial charge in [0.2, 0.25) is 0 Å². The Kier molecular flexibility index (Phi) is 5.89. The highest BCUT2D eigenvalue weighted by atomic mass is 16.3. The van der Waals surface area contributed by atoms with Crippen LogP contribution in [0.1, 0.15) is 0 Å². The highest BCUT2D eigenvalue weighted by molar-refractivity contribution is 6.30. The predicted octanol–water partition coefficient (Wildman–Crippen LogP) is 14.6. The Morgan fingerprint density at radius 1 is 0.357 bits per heavy atom. The first-order valence-electron chi connectivity index (χ1n) is 19.2. The average Bonchev–Trinajstić information content (AvgIpc) is 3.93. The first-order chi connectivity index (χ1) is 27.8. The van der Waals surface area contributed by atoms with Gasteiger partial charge in [-0.3, -0.25) is 0 Å². The van der Waals surface area contributed by atoms with Crippen LogP contribution in [0.3, 0.4) is 0 Å². The van der Waals surface area contributed by atoms with Crippen molar-refractivity contribution in [2.24, 2.45) is 0 Å². The van der Waals surface area contributed by atoms with Crippen molar-refractivity contribution < 1.29 is 4.42 Å². The van der Waals surface area contributed by atoms with Crippen LogP contribution in [-0.2, 0) is 0 Å². The van der Waals surface area contributed by atoms with Gasteiger partial charge in [-0.2, -0.15) is 0 Å². The molecule has 56 heavy (non-hydrogen) atoms. The predicted molar refractivity (Wildman–Crippen MR) is 235 cm³/mol. The molecule has 13 aromatic rings. The molecule has 0 spiro atoms. The minimum atomic E-state index is 0.886. The van der Waals surface area contributed by atoms with Gasteiger partial charge >= 0.3 is 0 Å². The van der Waals surface area contributed by atoms with Crippen molar-refractivity contribution in [3.8, 4) is 33.5 Å². The maximum absolute atomic E-state index is 6.45. The lowest BCUT2D eigenvalue weighted by molar-refractivity contribution is 0.669. The van der Waals surface area contributed by atoms with E-state index in [-0.39, 0.29) is 0 Å². The van der Waals surface area contributed by atoms with Gasteiger partial charge in [0, 0.05) is 59.6 Å². The van der Waals surface area contributed by atoms with Crippen molar-refractivity contribution >= 4 is 92.5 Å². The summed E-state index contributed by atoms with van der Waals surface area (Å²) >= 11 is 0. The van der Waals surface area contributed by atoms with E-state index in [1.807, 2.05) is 6.07 Å². The fourth-order valence-corrected chi connectivity index (χ4v) is 9.76. The molecule has 0 N–H and O–H groups in total. The molecule has 0 aliphatic heterocycles. The summed E-state index contributed by atoms with van der Waals surface area (Å²) in [6.07, 6.45) is 0. The third kappa shape index (κ3) is 3.93. The van der Waals surface area contributed by atoms with Crippen molar-refractivity contribution in [2.75, 3.05) is 0 Å². The van der Waals surface area contributed by atoms with Gasteiger partial charge in [0.1, 0.15) is 11.2 Å². The lowest BCUT2D eigenvalue weighted by Crippen LogP contribution is -1.94. The highest BCUT2D eigenvalue weighted by Gasteiger charge is 2.22. The number of fused-ring (bicyclic) bond motifs is 14. The number of benzene rings is 9. The molecule has 0 saturated heterocycles. The Hall–Kier alpha value is -7.49. The second-order valence-electron chi connectivity index (χ2n) is 15.0. The molecule has 4 heterocycles. The Balaban J connectivity index is 1.11. The summed E-state index contributed by atoms with van der Waals surface area (Å²) in [5.74, 6) is 0. The summed E-state index contributed by atoms with van der Waals surface area (Å²) in [7, 11) is 0. The molecule has 3 nitrogen and oxygen atoms in total. The molecule has 0 bridgehead atoms. The van der Waals surface area contributed by atoms with Crippen molar-refractivity contribution in [1.29, 1.82) is 0 Å². The first kappa shape index (κ1) is 29.9. The van der Waals surface area contributed by atoms with Crippen LogP contribution in [0.5, 0.6) is 0 Å². The van der Waals surface area contributed by atoms with Crippen LogP contribution in [0, 0.1) is 0 Å². The van der Waals surface area contributed by atoms with E-state index in [0.717, 1.165) is 60.6 Å². The Morgan fingerprint density at radius 3 is 1.71 bits per heavy atom. The summed E-state index contributed by atoms with van der Waals surface area (Å²) < 4.78 is 8.89. The smallest absolute Gasteiger partial charge is 0.136 e. The van der Waals surface area contributed by atoms with E-state index in [2.05, 4.69) is 180 Å². The lowest BCUT2D eigenvalue weighted by Gasteiger charge is -2.16. The third-order valence-corrected chi connectivity index (χ3v) is 12.1. The van der Waals surface area contributed by atoms with Crippen molar-refractivity contribution in [3.63, 3.8) is 0 Å². The molecule has 0 unspecified atom stereocenters. The number of rotatable bonds is 3. The molecule has 0 radical (unpaired) electrons. The summed E-state index contributed by atoms with van der Waals surface area (Å²) in [4.78, 5) is 5.58. The molecule has 13 rings (SSSR count). The fraction of sp³-hybridized carbons (Fsp3) is 0. The van der Waals surface area contributed by atoms with Crippen molar-refractivity contribution in [2.45, 2.75) is 0 Å². The van der Waals surface area contributed by atoms with E-state index in [4.69, 9.17) is 9.40 Å². The van der Waals surface area contributed by atoms with Crippen LogP contribution >= 0.6 is 0 Å². The van der Waals surface area contributed by atoms with Crippen LogP contribution in [0.2, 0.25) is 0 Å². The summed E-state index contributed by atoms with van der Waals surface area (Å²) in [5, 5.41) is 13.2. The summed E-state index contributed by atoms with van der Waals surface area (Å²) in [6, 6.07) is 65.8. The Morgan fingerprint density at radius 2 is 0.964 bits per heavy atom. The molecule has 4 aromatic heterocycles. The van der Waals surface area contributed by atoms with E-state index >= 15 is 0 Å². The zero-order chi connectivity index (χ0) is 36.5. The third-order valence-electron chi connectivity index (χ3n) is 12.1. The van der Waals surface area contributed by atoms with Crippen molar-refractivity contribution in [3.05, 3.63) is 182 Å². The van der Waals surface area contributed by atoms with Gasteiger partial charge in [0.25, 0.3) is 0 Å². The fourth-order valence-electron chi connectivity index (χ4n) is 9.76. The number of hydrogen-bond donors (Lipinski definition) is 0. The highest BCUT2D eigenvalue weighted by Crippen LogP contribution is 2.46. The molecule has 0 aliphatic rings. The molecular weight excluding hydrogens is 681 g/mol. The van der Waals surface area contributed by atoms with E-state index in [1.165, 1.54) is 65.4 Å². The van der Waals surface area contributed by atoms with Gasteiger partial charge in [-0.15, -0.1) is 0 Å². The minimum Gasteiger partial charge on any atom is -0.456 e. The quantitative estimate of drug-likeness (QED) is 0.171. The Bertz CT molecular complexity index is 3680. The van der Waals surface area contributed by atoms with Crippen LogP contribution < -0.4 is 0 Å². The van der Waals surface area contributed by atoms with Gasteiger partial charge in [-0.1, -0.05) is 140 Å². The second kappa shape index (κ2) is 11.0. The lowest BCUT2D eigenvalue weighted by atomic mass is 9.89. The maximum Gasteiger partial charge on any atom is 0.136 e. The van der Waals surface area contributed by atoms with E-state index in [0.29, 0.717) is 0 Å². The molecular formula is C53H30N2O. The number of nitrogens with zero attached hydrogens (tertiary/aromatic N) is 2. The molecule has 0 atom stereocenters. The average molecular weight is 711 g/mol. The van der Waals surface area contributed by atoms with E-state index in [9.17, 15) is 0 Å². The summed E-state index contributed by atoms with van der Waals surface area (Å²) in [6.45, 7) is 0. The number of hydrogen-bond acceptors (Lipinski definition) is 2. The standard InChI is InChI=1S/C53H30N2O/c1-2-13-31(14-3-1)51-42-27-28-48-50(40-19-8-11-24-47(40)56-48)49(42)41-21-12-20-39(52(41)54-51)36-26-25-33(34-15-4-5-16-35(34)36)32-29-43-37-17-6-9-22-45(37)55-46-23-10-7-18-38(46)44(30-32)53(43)55/h1-30H. The molecule has 258 valence electrons. The first-order valence-corrected chi connectivity index (χ1v) is 19.2. The Labute approximate surface area is 320 Å². The minimum absolute atomic E-state index is 0.886. The molecule has 0 aliphatic carbocycles. The molecule has 0 saturated carbocycles. The van der Waals surface area contributed by atoms with Crippen LogP contribution in [0.15, 0.2) is 186 Å². The van der Waals surface area contributed by atoms with Gasteiger partial charge in [0.15, 0.2) is 0 Å². The summed E-state index contributed by atoms with van der Waals surface area (Å²) in [5.41, 5.74) is 13.3. The van der Waals surface area contributed by atoms with E-state index < -0.39 is 0 Å². The number of para-hydroxylation sites is 4. The largest absolute Gasteiger partial charge is 0.456 e. The molecule has 0 fully saturated rings. The monoisotopic (exact) mass is 710 g/mol. The number of aromatic nitrogens is 2. The molecule has 3 heteroatoms. The molecule has 0 amide bonds. The van der Waals surface area contributed by atoms with Gasteiger partial charge < -0.3 is 8.82 Å². The van der Waals surface area contributed by atoms with Gasteiger partial charge in [0.05, 0.1) is 27.8 Å². The maximum atomic E-state index is 6.45. The zero-order valence-corrected chi connectivity index (χ0v) is 30.1. The normalized spacial score (nSPS) is 12.3. The van der Waals surface area contributed by atoms with Crippen LogP contribution in [0.25, 0.3) is 126 Å². The number of pyridine rings is 1.